The number of H-pyrrole nitrogens is 2. The van der Waals surface area contributed by atoms with Crippen LogP contribution in [0.5, 0.6) is 0 Å². The summed E-state index contributed by atoms with van der Waals surface area (Å²) in [5.41, 5.74) is 4.81. The van der Waals surface area contributed by atoms with Crippen molar-refractivity contribution in [2.24, 2.45) is 0 Å². The summed E-state index contributed by atoms with van der Waals surface area (Å²) in [4.78, 5) is 10.6. The van der Waals surface area contributed by atoms with Gasteiger partial charge in [0.15, 0.2) is 0 Å². The number of hydrogen-bond acceptors (Lipinski definition) is 5. The van der Waals surface area contributed by atoms with E-state index in [9.17, 15) is 13.0 Å². The lowest BCUT2D eigenvalue weighted by molar-refractivity contribution is 0.484. The molecule has 0 amide bonds. The zero-order valence-corrected chi connectivity index (χ0v) is 19.5. The minimum absolute atomic E-state index is 0.167. The molecule has 5 aromatic rings. The number of hydrogen-bond donors (Lipinski definition) is 5. The molecule has 0 aliphatic carbocycles. The molecule has 178 valence electrons. The molecular weight excluding hydrogens is 476 g/mol. The van der Waals surface area contributed by atoms with E-state index in [0.29, 0.717) is 22.3 Å². The first-order valence-electron chi connectivity index (χ1n) is 11.0. The van der Waals surface area contributed by atoms with Crippen molar-refractivity contribution in [3.8, 4) is 11.1 Å². The summed E-state index contributed by atoms with van der Waals surface area (Å²) < 4.78 is 37.0. The number of aromatic amines is 2. The molecule has 36 heavy (non-hydrogen) atoms. The Kier molecular flexibility index (Phi) is 4.82. The zero-order valence-electron chi connectivity index (χ0n) is 18.7. The molecule has 0 unspecified atom stereocenters. The highest BCUT2D eigenvalue weighted by Gasteiger charge is 2.27. The van der Waals surface area contributed by atoms with E-state index in [1.54, 1.807) is 48.6 Å². The van der Waals surface area contributed by atoms with E-state index in [1.807, 2.05) is 36.4 Å². The standard InChI is InChI=1S/C26H20N6O3S/c27-24-21-11-10-19(31-21)13-18-7-6-16(29-18)12-17-8-9-20(30-17)14-22-23(15-4-2-1-3-5-15)26(36(33,34)35)25(24)32(22)28/h1-14,27,29-30H,28H2,(H,33,34,35). The van der Waals surface area contributed by atoms with E-state index >= 15 is 0 Å². The summed E-state index contributed by atoms with van der Waals surface area (Å²) in [5, 5.41) is 8.64. The predicted molar refractivity (Wildman–Crippen MR) is 140 cm³/mol. The van der Waals surface area contributed by atoms with Gasteiger partial charge in [0.1, 0.15) is 15.8 Å². The second-order valence-electron chi connectivity index (χ2n) is 8.45. The van der Waals surface area contributed by atoms with Gasteiger partial charge in [-0.1, -0.05) is 30.3 Å². The minimum Gasteiger partial charge on any atom is -0.355 e. The maximum absolute atomic E-state index is 12.8. The first-order chi connectivity index (χ1) is 17.3. The van der Waals surface area contributed by atoms with Crippen LogP contribution in [0.1, 0.15) is 11.4 Å². The number of nitrogens with one attached hydrogen (secondary N) is 3. The smallest absolute Gasteiger partial charge is 0.297 e. The van der Waals surface area contributed by atoms with Crippen molar-refractivity contribution in [2.45, 2.75) is 4.90 Å². The van der Waals surface area contributed by atoms with Crippen molar-refractivity contribution in [2.75, 3.05) is 5.84 Å². The molecule has 6 N–H and O–H groups in total. The fraction of sp³-hybridized carbons (Fsp3) is 0. The lowest BCUT2D eigenvalue weighted by atomic mass is 10.1. The summed E-state index contributed by atoms with van der Waals surface area (Å²) in [5.74, 6) is 6.48. The lowest BCUT2D eigenvalue weighted by Crippen LogP contribution is -2.17. The number of rotatable bonds is 2. The van der Waals surface area contributed by atoms with Gasteiger partial charge in [-0.05, 0) is 60.2 Å². The molecule has 10 heteroatoms. The third kappa shape index (κ3) is 3.65. The molecule has 0 fully saturated rings. The molecular formula is C26H20N6O3S. The summed E-state index contributed by atoms with van der Waals surface area (Å²) in [6.45, 7) is 0. The monoisotopic (exact) mass is 496 g/mol. The molecule has 1 aliphatic rings. The van der Waals surface area contributed by atoms with Crippen molar-refractivity contribution in [1.29, 1.82) is 5.41 Å². The van der Waals surface area contributed by atoms with Gasteiger partial charge in [-0.2, -0.15) is 8.42 Å². The fourth-order valence-corrected chi connectivity index (χ4v) is 5.41. The van der Waals surface area contributed by atoms with Gasteiger partial charge < -0.3 is 15.8 Å². The van der Waals surface area contributed by atoms with Crippen LogP contribution in [0.3, 0.4) is 0 Å². The van der Waals surface area contributed by atoms with Crippen LogP contribution in [0, 0.1) is 5.41 Å². The maximum atomic E-state index is 12.8. The molecule has 5 heterocycles. The van der Waals surface area contributed by atoms with E-state index in [2.05, 4.69) is 15.0 Å². The number of nitrogens with two attached hydrogens (primary N) is 1. The van der Waals surface area contributed by atoms with Gasteiger partial charge in [-0.3, -0.25) is 14.6 Å². The van der Waals surface area contributed by atoms with Crippen molar-refractivity contribution in [3.63, 3.8) is 0 Å². The number of nitrogens with zero attached hydrogens (tertiary/aromatic N) is 2. The van der Waals surface area contributed by atoms with E-state index in [1.165, 1.54) is 0 Å². The highest BCUT2D eigenvalue weighted by atomic mass is 32.2. The molecule has 6 rings (SSSR count). The third-order valence-corrected chi connectivity index (χ3v) is 6.96. The summed E-state index contributed by atoms with van der Waals surface area (Å²) in [6, 6.07) is 21.8. The third-order valence-electron chi connectivity index (χ3n) is 6.04. The van der Waals surface area contributed by atoms with Crippen LogP contribution >= 0.6 is 0 Å². The molecule has 1 aliphatic heterocycles. The second kappa shape index (κ2) is 7.94. The van der Waals surface area contributed by atoms with Gasteiger partial charge in [-0.25, -0.2) is 4.98 Å². The molecule has 0 spiro atoms. The number of aromatic nitrogens is 4. The lowest BCUT2D eigenvalue weighted by Gasteiger charge is -2.02. The number of nitrogen functional groups attached to an aromatic ring is 1. The zero-order chi connectivity index (χ0) is 25.0. The molecule has 8 bridgehead atoms. The van der Waals surface area contributed by atoms with Crippen LogP contribution in [-0.2, 0) is 10.1 Å². The van der Waals surface area contributed by atoms with Crippen LogP contribution in [0.15, 0.2) is 77.7 Å². The van der Waals surface area contributed by atoms with Gasteiger partial charge in [-0.15, -0.1) is 0 Å². The normalized spacial score (nSPS) is 12.4. The van der Waals surface area contributed by atoms with Gasteiger partial charge in [0.25, 0.3) is 10.1 Å². The Morgan fingerprint density at radius 3 is 2.11 bits per heavy atom. The van der Waals surface area contributed by atoms with E-state index in [0.717, 1.165) is 21.2 Å². The van der Waals surface area contributed by atoms with Crippen LogP contribution in [0.25, 0.3) is 56.4 Å². The van der Waals surface area contributed by atoms with Gasteiger partial charge in [0.05, 0.1) is 16.9 Å². The number of benzene rings is 1. The van der Waals surface area contributed by atoms with Gasteiger partial charge >= 0.3 is 0 Å². The van der Waals surface area contributed by atoms with E-state index < -0.39 is 15.0 Å². The van der Waals surface area contributed by atoms with Crippen molar-refractivity contribution in [1.82, 2.24) is 19.6 Å². The molecule has 4 aromatic heterocycles. The second-order valence-corrected chi connectivity index (χ2v) is 9.81. The van der Waals surface area contributed by atoms with Gasteiger partial charge in [0, 0.05) is 27.6 Å². The topological polar surface area (TPSA) is 154 Å². The fourth-order valence-electron chi connectivity index (χ4n) is 4.48. The SMILES string of the molecule is N=c1c2nc(cc3ccc(cc4ccc(cc5c(-c6ccccc6)c(S(=O)(=O)O)c1n5N)[nH]4)[nH]3)C=C2. The Morgan fingerprint density at radius 1 is 0.861 bits per heavy atom. The van der Waals surface area contributed by atoms with E-state index in [-0.39, 0.29) is 22.1 Å². The highest BCUT2D eigenvalue weighted by molar-refractivity contribution is 7.86. The Balaban J connectivity index is 1.90. The van der Waals surface area contributed by atoms with Crippen molar-refractivity contribution in [3.05, 3.63) is 89.5 Å². The van der Waals surface area contributed by atoms with Crippen molar-refractivity contribution < 1.29 is 13.0 Å². The van der Waals surface area contributed by atoms with Crippen LogP contribution in [0.4, 0.5) is 0 Å². The Labute approximate surface area is 204 Å². The van der Waals surface area contributed by atoms with Crippen molar-refractivity contribution >= 4 is 55.4 Å². The molecule has 1 aromatic carbocycles. The quantitative estimate of drug-likeness (QED) is 0.179. The molecule has 0 saturated carbocycles. The number of fused-ring (bicyclic) bond motifs is 8. The first kappa shape index (κ1) is 21.8. The largest absolute Gasteiger partial charge is 0.355 e. The molecule has 0 radical (unpaired) electrons. The van der Waals surface area contributed by atoms with Crippen LogP contribution in [-0.4, -0.2) is 32.6 Å². The van der Waals surface area contributed by atoms with E-state index in [4.69, 9.17) is 11.3 Å². The maximum Gasteiger partial charge on any atom is 0.297 e. The summed E-state index contributed by atoms with van der Waals surface area (Å²) >= 11 is 0. The molecule has 0 atom stereocenters. The van der Waals surface area contributed by atoms with Gasteiger partial charge in [0.2, 0.25) is 0 Å². The molecule has 0 saturated heterocycles. The van der Waals surface area contributed by atoms with Crippen LogP contribution in [0.2, 0.25) is 0 Å². The summed E-state index contributed by atoms with van der Waals surface area (Å²) in [6.07, 6.45) is 3.34. The Hall–Kier alpha value is -4.67. The first-order valence-corrected chi connectivity index (χ1v) is 12.4. The Bertz CT molecular complexity index is 2000. The minimum atomic E-state index is -4.80. The average molecular weight is 497 g/mol. The average Bonchev–Trinajstić information content (AvgIpc) is 3.63. The predicted octanol–water partition coefficient (Wildman–Crippen LogP) is 4.28. The Morgan fingerprint density at radius 2 is 1.47 bits per heavy atom. The highest BCUT2D eigenvalue weighted by Crippen LogP contribution is 2.35. The van der Waals surface area contributed by atoms with Crippen LogP contribution < -0.4 is 11.2 Å². The summed E-state index contributed by atoms with van der Waals surface area (Å²) in [7, 11) is -4.80. The molecule has 9 nitrogen and oxygen atoms in total.